The summed E-state index contributed by atoms with van der Waals surface area (Å²) in [5.41, 5.74) is 1.49. The number of aryl methyl sites for hydroxylation is 1. The van der Waals surface area contributed by atoms with Crippen LogP contribution in [-0.4, -0.2) is 32.2 Å². The lowest BCUT2D eigenvalue weighted by atomic mass is 10.1. The van der Waals surface area contributed by atoms with Gasteiger partial charge in [-0.1, -0.05) is 0 Å². The zero-order valence-corrected chi connectivity index (χ0v) is 20.3. The molecule has 1 aromatic carbocycles. The van der Waals surface area contributed by atoms with E-state index in [0.717, 1.165) is 10.4 Å². The number of esters is 1. The fraction of sp³-hybridized carbons (Fsp3) is 0.318. The van der Waals surface area contributed by atoms with E-state index in [1.165, 1.54) is 24.5 Å². The van der Waals surface area contributed by atoms with Gasteiger partial charge in [0.2, 0.25) is 0 Å². The number of carbonyl (C=O) groups excluding carboxylic acids is 2. The lowest BCUT2D eigenvalue weighted by molar-refractivity contribution is -0.112. The number of carbonyl (C=O) groups is 2. The van der Waals surface area contributed by atoms with Gasteiger partial charge in [0.25, 0.3) is 5.91 Å². The third kappa shape index (κ3) is 5.66. The minimum atomic E-state index is -0.626. The molecule has 1 amide bonds. The zero-order chi connectivity index (χ0) is 23.1. The maximum Gasteiger partial charge on any atom is 0.341 e. The number of nitrogens with zero attached hydrogens (tertiary/aromatic N) is 1. The number of ether oxygens (including phenoxy) is 3. The summed E-state index contributed by atoms with van der Waals surface area (Å²) in [5, 5.41) is 12.6. The standard InChI is InChI=1S/C22H23BrN2O5S/c1-6-29-17-10-14(9-16(23)19(17)28-5)8-15(11-24)20(26)25-21-18(22(27)30-7-2)12(3)13(4)31-21/h8-10H,6-7H2,1-5H3,(H,25,26)/b15-8+. The first-order chi connectivity index (χ1) is 14.8. The van der Waals surface area contributed by atoms with Gasteiger partial charge in [-0.15, -0.1) is 11.3 Å². The molecule has 7 nitrogen and oxygen atoms in total. The molecule has 0 fully saturated rings. The number of halogens is 1. The average molecular weight is 507 g/mol. The van der Waals surface area contributed by atoms with Crippen molar-refractivity contribution in [3.63, 3.8) is 0 Å². The molecule has 164 valence electrons. The number of amides is 1. The Kier molecular flexibility index (Phi) is 8.65. The molecule has 0 aliphatic carbocycles. The van der Waals surface area contributed by atoms with Crippen molar-refractivity contribution in [3.05, 3.63) is 43.7 Å². The third-order valence-electron chi connectivity index (χ3n) is 4.30. The molecule has 0 atom stereocenters. The zero-order valence-electron chi connectivity index (χ0n) is 17.9. The van der Waals surface area contributed by atoms with Crippen LogP contribution in [0.5, 0.6) is 11.5 Å². The Morgan fingerprint density at radius 1 is 1.26 bits per heavy atom. The highest BCUT2D eigenvalue weighted by molar-refractivity contribution is 9.10. The number of hydrogen-bond acceptors (Lipinski definition) is 7. The van der Waals surface area contributed by atoms with Crippen LogP contribution in [-0.2, 0) is 9.53 Å². The summed E-state index contributed by atoms with van der Waals surface area (Å²) in [7, 11) is 1.53. The molecule has 9 heteroatoms. The van der Waals surface area contributed by atoms with E-state index in [2.05, 4.69) is 21.2 Å². The van der Waals surface area contributed by atoms with Gasteiger partial charge < -0.3 is 19.5 Å². The third-order valence-corrected chi connectivity index (χ3v) is 6.02. The second kappa shape index (κ2) is 11.0. The molecule has 2 rings (SSSR count). The van der Waals surface area contributed by atoms with Crippen molar-refractivity contribution in [2.24, 2.45) is 0 Å². The van der Waals surface area contributed by atoms with E-state index in [4.69, 9.17) is 14.2 Å². The summed E-state index contributed by atoms with van der Waals surface area (Å²) >= 11 is 4.67. The van der Waals surface area contributed by atoms with Gasteiger partial charge in [0.05, 0.1) is 30.4 Å². The minimum absolute atomic E-state index is 0.127. The van der Waals surface area contributed by atoms with Crippen LogP contribution in [0.3, 0.4) is 0 Å². The molecule has 1 aromatic heterocycles. The molecule has 2 aromatic rings. The summed E-state index contributed by atoms with van der Waals surface area (Å²) in [4.78, 5) is 26.0. The van der Waals surface area contributed by atoms with E-state index in [1.807, 2.05) is 19.9 Å². The van der Waals surface area contributed by atoms with Gasteiger partial charge in [0.1, 0.15) is 16.6 Å². The number of rotatable bonds is 8. The quantitative estimate of drug-likeness (QED) is 0.298. The lowest BCUT2D eigenvalue weighted by Crippen LogP contribution is -2.16. The first-order valence-electron chi connectivity index (χ1n) is 9.47. The van der Waals surface area contributed by atoms with Gasteiger partial charge in [0, 0.05) is 4.88 Å². The number of hydrogen-bond donors (Lipinski definition) is 1. The summed E-state index contributed by atoms with van der Waals surface area (Å²) in [6.45, 7) is 7.84. The van der Waals surface area contributed by atoms with Crippen LogP contribution in [0.25, 0.3) is 6.08 Å². The Bertz CT molecular complexity index is 1070. The van der Waals surface area contributed by atoms with Crippen LogP contribution >= 0.6 is 27.3 Å². The Hall–Kier alpha value is -2.83. The molecule has 0 bridgehead atoms. The number of anilines is 1. The first-order valence-corrected chi connectivity index (χ1v) is 11.1. The van der Waals surface area contributed by atoms with Crippen molar-refractivity contribution in [2.75, 3.05) is 25.6 Å². The highest BCUT2D eigenvalue weighted by Gasteiger charge is 2.23. The second-order valence-corrected chi connectivity index (χ2v) is 8.38. The van der Waals surface area contributed by atoms with Gasteiger partial charge >= 0.3 is 5.97 Å². The molecule has 0 spiro atoms. The van der Waals surface area contributed by atoms with Crippen molar-refractivity contribution in [3.8, 4) is 17.6 Å². The highest BCUT2D eigenvalue weighted by atomic mass is 79.9. The molecular formula is C22H23BrN2O5S. The van der Waals surface area contributed by atoms with Crippen molar-refractivity contribution in [2.45, 2.75) is 27.7 Å². The monoisotopic (exact) mass is 506 g/mol. The number of nitrogens with one attached hydrogen (secondary N) is 1. The molecule has 0 radical (unpaired) electrons. The van der Waals surface area contributed by atoms with Gasteiger partial charge in [-0.25, -0.2) is 4.79 Å². The topological polar surface area (TPSA) is 97.7 Å². The second-order valence-electron chi connectivity index (χ2n) is 6.30. The molecule has 31 heavy (non-hydrogen) atoms. The van der Waals surface area contributed by atoms with E-state index in [0.29, 0.717) is 38.7 Å². The van der Waals surface area contributed by atoms with Crippen molar-refractivity contribution >= 4 is 50.2 Å². The molecule has 1 heterocycles. The molecule has 0 unspecified atom stereocenters. The van der Waals surface area contributed by atoms with Crippen molar-refractivity contribution in [1.29, 1.82) is 5.26 Å². The number of benzene rings is 1. The van der Waals surface area contributed by atoms with Gasteiger partial charge in [-0.05, 0) is 73.0 Å². The largest absolute Gasteiger partial charge is 0.492 e. The average Bonchev–Trinajstić information content (AvgIpc) is 2.99. The number of nitriles is 1. The van der Waals surface area contributed by atoms with Crippen LogP contribution in [0.2, 0.25) is 0 Å². The first kappa shape index (κ1) is 24.4. The molecule has 0 saturated heterocycles. The molecular weight excluding hydrogens is 484 g/mol. The van der Waals surface area contributed by atoms with Gasteiger partial charge in [-0.2, -0.15) is 5.26 Å². The SMILES string of the molecule is CCOC(=O)c1c(NC(=O)/C(C#N)=C/c2cc(Br)c(OC)c(OCC)c2)sc(C)c1C. The van der Waals surface area contributed by atoms with E-state index in [9.17, 15) is 14.9 Å². The fourth-order valence-corrected chi connectivity index (χ4v) is 4.45. The van der Waals surface area contributed by atoms with E-state index < -0.39 is 11.9 Å². The number of thiophene rings is 1. The fourth-order valence-electron chi connectivity index (χ4n) is 2.78. The maximum absolute atomic E-state index is 12.8. The predicted molar refractivity (Wildman–Crippen MR) is 124 cm³/mol. The Morgan fingerprint density at radius 2 is 1.97 bits per heavy atom. The normalized spacial score (nSPS) is 10.9. The van der Waals surface area contributed by atoms with Gasteiger partial charge in [-0.3, -0.25) is 4.79 Å². The predicted octanol–water partition coefficient (Wildman–Crippen LogP) is 5.26. The van der Waals surface area contributed by atoms with Crippen LogP contribution in [0.4, 0.5) is 5.00 Å². The minimum Gasteiger partial charge on any atom is -0.492 e. The van der Waals surface area contributed by atoms with Crippen molar-refractivity contribution < 1.29 is 23.8 Å². The van der Waals surface area contributed by atoms with Crippen molar-refractivity contribution in [1.82, 2.24) is 0 Å². The Balaban J connectivity index is 2.40. The van der Waals surface area contributed by atoms with E-state index in [1.54, 1.807) is 26.0 Å². The summed E-state index contributed by atoms with van der Waals surface area (Å²) in [6, 6.07) is 5.31. The smallest absolute Gasteiger partial charge is 0.341 e. The number of methoxy groups -OCH3 is 1. The lowest BCUT2D eigenvalue weighted by Gasteiger charge is -2.12. The van der Waals surface area contributed by atoms with Crippen LogP contribution < -0.4 is 14.8 Å². The highest BCUT2D eigenvalue weighted by Crippen LogP contribution is 2.37. The molecule has 0 saturated carbocycles. The van der Waals surface area contributed by atoms with Gasteiger partial charge in [0.15, 0.2) is 11.5 Å². The summed E-state index contributed by atoms with van der Waals surface area (Å²) < 4.78 is 16.6. The molecule has 0 aliphatic rings. The molecule has 1 N–H and O–H groups in total. The van der Waals surface area contributed by atoms with Crippen LogP contribution in [0.15, 0.2) is 22.2 Å². The maximum atomic E-state index is 12.8. The summed E-state index contributed by atoms with van der Waals surface area (Å²) in [6.07, 6.45) is 1.44. The van der Waals surface area contributed by atoms with E-state index in [-0.39, 0.29) is 12.2 Å². The Labute approximate surface area is 193 Å². The van der Waals surface area contributed by atoms with E-state index >= 15 is 0 Å². The van der Waals surface area contributed by atoms with Crippen LogP contribution in [0, 0.1) is 25.2 Å². The Morgan fingerprint density at radius 3 is 2.55 bits per heavy atom. The van der Waals surface area contributed by atoms with Crippen LogP contribution in [0.1, 0.15) is 40.2 Å². The molecule has 0 aliphatic heterocycles. The summed E-state index contributed by atoms with van der Waals surface area (Å²) in [5.74, 6) is -0.134.